The third-order valence-corrected chi connectivity index (χ3v) is 4.80. The number of para-hydroxylation sites is 1. The molecular weight excluding hydrogens is 381 g/mol. The summed E-state index contributed by atoms with van der Waals surface area (Å²) in [5.74, 6) is 0.600. The van der Waals surface area contributed by atoms with Gasteiger partial charge in [0.15, 0.2) is 11.6 Å². The number of ether oxygens (including phenoxy) is 2. The number of aliphatic hydroxyl groups excluding tert-OH is 1. The zero-order valence-corrected chi connectivity index (χ0v) is 18.9. The van der Waals surface area contributed by atoms with Crippen LogP contribution in [0, 0.1) is 11.2 Å². The third-order valence-electron chi connectivity index (χ3n) is 4.80. The molecule has 0 saturated heterocycles. The molecule has 0 spiro atoms. The van der Waals surface area contributed by atoms with Crippen LogP contribution in [0.25, 0.3) is 0 Å². The molecule has 0 aromatic heterocycles. The van der Waals surface area contributed by atoms with Gasteiger partial charge in [-0.2, -0.15) is 0 Å². The summed E-state index contributed by atoms with van der Waals surface area (Å²) in [7, 11) is 0. The Morgan fingerprint density at radius 3 is 2.27 bits per heavy atom. The van der Waals surface area contributed by atoms with Crippen molar-refractivity contribution in [1.29, 1.82) is 0 Å². The molecule has 2 N–H and O–H groups in total. The fourth-order valence-corrected chi connectivity index (χ4v) is 3.75. The number of rotatable bonds is 11. The number of hydrogen-bond donors (Lipinski definition) is 2. The molecule has 0 heterocycles. The van der Waals surface area contributed by atoms with Crippen LogP contribution in [-0.2, 0) is 5.41 Å². The molecule has 5 heteroatoms. The third kappa shape index (κ3) is 8.33. The van der Waals surface area contributed by atoms with Crippen LogP contribution in [0.2, 0.25) is 0 Å². The van der Waals surface area contributed by atoms with Gasteiger partial charge in [0.05, 0.1) is 0 Å². The molecule has 1 unspecified atom stereocenters. The SMILES string of the molecule is CC(C)(C)CC(C)(C)c1ccc(OCC(O)CNCCOc2ccccc2F)cc1. The first-order valence-electron chi connectivity index (χ1n) is 10.6. The van der Waals surface area contributed by atoms with Gasteiger partial charge in [0.1, 0.15) is 25.1 Å². The Balaban J connectivity index is 1.68. The smallest absolute Gasteiger partial charge is 0.165 e. The van der Waals surface area contributed by atoms with Crippen molar-refractivity contribution in [3.05, 3.63) is 59.9 Å². The highest BCUT2D eigenvalue weighted by molar-refractivity contribution is 5.31. The van der Waals surface area contributed by atoms with E-state index in [1.54, 1.807) is 18.2 Å². The molecule has 30 heavy (non-hydrogen) atoms. The van der Waals surface area contributed by atoms with Crippen LogP contribution >= 0.6 is 0 Å². The van der Waals surface area contributed by atoms with E-state index in [4.69, 9.17) is 9.47 Å². The van der Waals surface area contributed by atoms with Gasteiger partial charge in [-0.25, -0.2) is 4.39 Å². The summed E-state index contributed by atoms with van der Waals surface area (Å²) >= 11 is 0. The number of hydrogen-bond acceptors (Lipinski definition) is 4. The molecule has 0 aliphatic rings. The lowest BCUT2D eigenvalue weighted by Gasteiger charge is -2.33. The Morgan fingerprint density at radius 1 is 0.967 bits per heavy atom. The van der Waals surface area contributed by atoms with E-state index in [0.717, 1.165) is 12.2 Å². The van der Waals surface area contributed by atoms with Gasteiger partial charge in [-0.15, -0.1) is 0 Å². The molecule has 2 rings (SSSR count). The van der Waals surface area contributed by atoms with Crippen LogP contribution in [0.3, 0.4) is 0 Å². The van der Waals surface area contributed by atoms with Gasteiger partial charge in [0.2, 0.25) is 0 Å². The van der Waals surface area contributed by atoms with Gasteiger partial charge in [-0.3, -0.25) is 0 Å². The molecule has 0 fully saturated rings. The fraction of sp³-hybridized carbons (Fsp3) is 0.520. The number of halogens is 1. The highest BCUT2D eigenvalue weighted by atomic mass is 19.1. The van der Waals surface area contributed by atoms with Gasteiger partial charge >= 0.3 is 0 Å². The number of nitrogens with one attached hydrogen (secondary N) is 1. The first kappa shape index (κ1) is 24.2. The van der Waals surface area contributed by atoms with Crippen molar-refractivity contribution in [1.82, 2.24) is 5.32 Å². The quantitative estimate of drug-likeness (QED) is 0.508. The molecule has 1 atom stereocenters. The van der Waals surface area contributed by atoms with Crippen LogP contribution in [0.4, 0.5) is 4.39 Å². The van der Waals surface area contributed by atoms with E-state index in [2.05, 4.69) is 52.1 Å². The van der Waals surface area contributed by atoms with E-state index in [1.165, 1.54) is 11.6 Å². The van der Waals surface area contributed by atoms with Gasteiger partial charge in [-0.1, -0.05) is 58.9 Å². The van der Waals surface area contributed by atoms with E-state index >= 15 is 0 Å². The van der Waals surface area contributed by atoms with Crippen LogP contribution in [0.15, 0.2) is 48.5 Å². The minimum Gasteiger partial charge on any atom is -0.491 e. The largest absolute Gasteiger partial charge is 0.491 e. The molecule has 0 bridgehead atoms. The van der Waals surface area contributed by atoms with Crippen molar-refractivity contribution in [2.75, 3.05) is 26.3 Å². The summed E-state index contributed by atoms with van der Waals surface area (Å²) in [6.07, 6.45) is 0.445. The highest BCUT2D eigenvalue weighted by Gasteiger charge is 2.27. The molecule has 0 radical (unpaired) electrons. The van der Waals surface area contributed by atoms with Crippen molar-refractivity contribution in [2.45, 2.75) is 52.6 Å². The second kappa shape index (κ2) is 10.8. The zero-order valence-electron chi connectivity index (χ0n) is 18.9. The molecular formula is C25H36FNO3. The van der Waals surface area contributed by atoms with Gasteiger partial charge < -0.3 is 19.9 Å². The molecule has 4 nitrogen and oxygen atoms in total. The summed E-state index contributed by atoms with van der Waals surface area (Å²) in [6.45, 7) is 12.7. The van der Waals surface area contributed by atoms with Gasteiger partial charge in [0, 0.05) is 13.1 Å². The average Bonchev–Trinajstić information content (AvgIpc) is 2.66. The summed E-state index contributed by atoms with van der Waals surface area (Å²) in [5, 5.41) is 13.2. The Bertz CT molecular complexity index is 769. The maximum Gasteiger partial charge on any atom is 0.165 e. The summed E-state index contributed by atoms with van der Waals surface area (Å²) in [4.78, 5) is 0. The fourth-order valence-electron chi connectivity index (χ4n) is 3.75. The minimum absolute atomic E-state index is 0.0882. The molecule has 0 saturated carbocycles. The monoisotopic (exact) mass is 417 g/mol. The molecule has 2 aromatic carbocycles. The van der Waals surface area contributed by atoms with Crippen molar-refractivity contribution < 1.29 is 19.0 Å². The zero-order chi connectivity index (χ0) is 22.2. The van der Waals surface area contributed by atoms with Crippen molar-refractivity contribution >= 4 is 0 Å². The first-order valence-corrected chi connectivity index (χ1v) is 10.6. The lowest BCUT2D eigenvalue weighted by Crippen LogP contribution is -2.33. The average molecular weight is 418 g/mol. The maximum atomic E-state index is 13.4. The molecule has 2 aromatic rings. The summed E-state index contributed by atoms with van der Waals surface area (Å²) in [5.41, 5.74) is 1.63. The van der Waals surface area contributed by atoms with Crippen molar-refractivity contribution in [2.24, 2.45) is 5.41 Å². The molecule has 166 valence electrons. The van der Waals surface area contributed by atoms with Crippen molar-refractivity contribution in [3.63, 3.8) is 0 Å². The van der Waals surface area contributed by atoms with Gasteiger partial charge in [-0.05, 0) is 47.1 Å². The Hall–Kier alpha value is -2.11. The normalized spacial score (nSPS) is 13.2. The van der Waals surface area contributed by atoms with E-state index < -0.39 is 6.10 Å². The second-order valence-electron chi connectivity index (χ2n) is 9.59. The lowest BCUT2D eigenvalue weighted by atomic mass is 9.72. The van der Waals surface area contributed by atoms with Crippen LogP contribution in [-0.4, -0.2) is 37.5 Å². The van der Waals surface area contributed by atoms with Crippen LogP contribution in [0.1, 0.15) is 46.6 Å². The Labute approximate surface area is 180 Å². The minimum atomic E-state index is -0.643. The van der Waals surface area contributed by atoms with Crippen LogP contribution in [0.5, 0.6) is 11.5 Å². The van der Waals surface area contributed by atoms with E-state index in [0.29, 0.717) is 19.7 Å². The molecule has 0 amide bonds. The molecule has 0 aliphatic heterocycles. The lowest BCUT2D eigenvalue weighted by molar-refractivity contribution is 0.105. The standard InChI is InChI=1S/C25H36FNO3/c1-24(2,3)18-25(4,5)19-10-12-21(13-11-19)30-17-20(28)16-27-14-15-29-23-9-7-6-8-22(23)26/h6-13,20,27-28H,14-18H2,1-5H3. The topological polar surface area (TPSA) is 50.7 Å². The maximum absolute atomic E-state index is 13.4. The summed E-state index contributed by atoms with van der Waals surface area (Å²) in [6, 6.07) is 14.4. The van der Waals surface area contributed by atoms with E-state index in [1.807, 2.05) is 12.1 Å². The van der Waals surface area contributed by atoms with Crippen LogP contribution < -0.4 is 14.8 Å². The van der Waals surface area contributed by atoms with E-state index in [-0.39, 0.29) is 29.0 Å². The Morgan fingerprint density at radius 2 is 1.63 bits per heavy atom. The van der Waals surface area contributed by atoms with Gasteiger partial charge in [0.25, 0.3) is 0 Å². The second-order valence-corrected chi connectivity index (χ2v) is 9.59. The predicted octanol–water partition coefficient (Wildman–Crippen LogP) is 4.95. The highest BCUT2D eigenvalue weighted by Crippen LogP contribution is 2.36. The number of aliphatic hydroxyl groups is 1. The van der Waals surface area contributed by atoms with E-state index in [9.17, 15) is 9.50 Å². The Kier molecular flexibility index (Phi) is 8.68. The first-order chi connectivity index (χ1) is 14.1. The summed E-state index contributed by atoms with van der Waals surface area (Å²) < 4.78 is 24.5. The van der Waals surface area contributed by atoms with Crippen molar-refractivity contribution in [3.8, 4) is 11.5 Å². The molecule has 0 aliphatic carbocycles. The predicted molar refractivity (Wildman–Crippen MR) is 120 cm³/mol. The number of benzene rings is 2.